The smallest absolute Gasteiger partial charge is 0.0198 e. The van der Waals surface area contributed by atoms with Gasteiger partial charge in [0.05, 0.1) is 0 Å². The highest BCUT2D eigenvalue weighted by molar-refractivity contribution is 4.86. The normalized spacial score (nSPS) is 32.5. The molecule has 1 N–H and O–H groups in total. The van der Waals surface area contributed by atoms with Crippen LogP contribution >= 0.6 is 0 Å². The Hall–Kier alpha value is -0.0800. The third-order valence-corrected chi connectivity index (χ3v) is 5.62. The largest absolute Gasteiger partial charge is 0.310 e. The Balaban J connectivity index is 1.46. The van der Waals surface area contributed by atoms with Crippen molar-refractivity contribution in [1.29, 1.82) is 0 Å². The van der Waals surface area contributed by atoms with Crippen molar-refractivity contribution >= 4 is 0 Å². The summed E-state index contributed by atoms with van der Waals surface area (Å²) in [7, 11) is 0. The fourth-order valence-electron chi connectivity index (χ4n) is 4.52. The predicted molar refractivity (Wildman–Crippen MR) is 81.5 cm³/mol. The molecule has 3 rings (SSSR count). The van der Waals surface area contributed by atoms with Gasteiger partial charge in [0, 0.05) is 24.7 Å². The van der Waals surface area contributed by atoms with Gasteiger partial charge in [-0.15, -0.1) is 0 Å². The summed E-state index contributed by atoms with van der Waals surface area (Å²) in [6, 6.07) is 2.55. The molecule has 0 spiro atoms. The lowest BCUT2D eigenvalue weighted by Gasteiger charge is -2.41. The molecule has 19 heavy (non-hydrogen) atoms. The van der Waals surface area contributed by atoms with Crippen LogP contribution in [-0.4, -0.2) is 36.1 Å². The Morgan fingerprint density at radius 3 is 2.00 bits per heavy atom. The third kappa shape index (κ3) is 3.95. The van der Waals surface area contributed by atoms with Crippen LogP contribution < -0.4 is 5.32 Å². The first-order valence-electron chi connectivity index (χ1n) is 8.92. The quantitative estimate of drug-likeness (QED) is 0.836. The van der Waals surface area contributed by atoms with Crippen molar-refractivity contribution in [1.82, 2.24) is 10.2 Å². The average Bonchev–Trinajstić information content (AvgIpc) is 2.49. The fraction of sp³-hybridized carbons (Fsp3) is 1.00. The van der Waals surface area contributed by atoms with Gasteiger partial charge in [0.25, 0.3) is 0 Å². The van der Waals surface area contributed by atoms with E-state index in [1.165, 1.54) is 90.1 Å². The van der Waals surface area contributed by atoms with Crippen LogP contribution in [0.3, 0.4) is 0 Å². The van der Waals surface area contributed by atoms with Gasteiger partial charge in [0.15, 0.2) is 0 Å². The van der Waals surface area contributed by atoms with Gasteiger partial charge >= 0.3 is 0 Å². The molecule has 1 atom stereocenters. The lowest BCUT2D eigenvalue weighted by atomic mass is 9.91. The number of piperidine rings is 1. The molecule has 3 aliphatic rings. The molecule has 2 heteroatoms. The summed E-state index contributed by atoms with van der Waals surface area (Å²) >= 11 is 0. The molecule has 110 valence electrons. The van der Waals surface area contributed by atoms with Gasteiger partial charge < -0.3 is 5.32 Å². The summed E-state index contributed by atoms with van der Waals surface area (Å²) < 4.78 is 0. The second-order valence-electron chi connectivity index (χ2n) is 7.13. The molecule has 0 aromatic heterocycles. The van der Waals surface area contributed by atoms with Gasteiger partial charge in [0.1, 0.15) is 0 Å². The van der Waals surface area contributed by atoms with Crippen molar-refractivity contribution in [3.8, 4) is 0 Å². The topological polar surface area (TPSA) is 15.3 Å². The molecule has 2 saturated carbocycles. The van der Waals surface area contributed by atoms with Crippen molar-refractivity contribution in [3.05, 3.63) is 0 Å². The maximum atomic E-state index is 3.99. The number of hydrogen-bond acceptors (Lipinski definition) is 2. The minimum absolute atomic E-state index is 0.791. The SMILES string of the molecule is C1CCC(NC2CCCN(C3CCCCC3)C2)CC1. The highest BCUT2D eigenvalue weighted by atomic mass is 15.2. The molecule has 1 unspecified atom stereocenters. The average molecular weight is 264 g/mol. The van der Waals surface area contributed by atoms with Crippen LogP contribution in [0.25, 0.3) is 0 Å². The van der Waals surface area contributed by atoms with E-state index in [1.54, 1.807) is 0 Å². The van der Waals surface area contributed by atoms with E-state index in [0.29, 0.717) is 0 Å². The number of hydrogen-bond donors (Lipinski definition) is 1. The van der Waals surface area contributed by atoms with Crippen molar-refractivity contribution in [2.75, 3.05) is 13.1 Å². The summed E-state index contributed by atoms with van der Waals surface area (Å²) in [5.41, 5.74) is 0. The van der Waals surface area contributed by atoms with E-state index in [1.807, 2.05) is 0 Å². The summed E-state index contributed by atoms with van der Waals surface area (Å²) in [5.74, 6) is 0. The Labute approximate surface area is 119 Å². The molecule has 1 heterocycles. The maximum Gasteiger partial charge on any atom is 0.0198 e. The molecule has 2 nitrogen and oxygen atoms in total. The van der Waals surface area contributed by atoms with Gasteiger partial charge in [0.2, 0.25) is 0 Å². The molecule has 1 saturated heterocycles. The zero-order valence-corrected chi connectivity index (χ0v) is 12.6. The van der Waals surface area contributed by atoms with Gasteiger partial charge in [-0.05, 0) is 45.1 Å². The molecule has 0 amide bonds. The Bertz CT molecular complexity index is 254. The summed E-state index contributed by atoms with van der Waals surface area (Å²) in [4.78, 5) is 2.82. The number of likely N-dealkylation sites (tertiary alicyclic amines) is 1. The van der Waals surface area contributed by atoms with Gasteiger partial charge in [-0.1, -0.05) is 38.5 Å². The van der Waals surface area contributed by atoms with Crippen LogP contribution in [0.2, 0.25) is 0 Å². The minimum Gasteiger partial charge on any atom is -0.310 e. The maximum absolute atomic E-state index is 3.99. The molecule has 2 aliphatic carbocycles. The lowest BCUT2D eigenvalue weighted by molar-refractivity contribution is 0.104. The van der Waals surface area contributed by atoms with Crippen molar-refractivity contribution in [2.24, 2.45) is 0 Å². The lowest BCUT2D eigenvalue weighted by Crippen LogP contribution is -2.52. The highest BCUT2D eigenvalue weighted by Gasteiger charge is 2.28. The first kappa shape index (κ1) is 13.9. The Morgan fingerprint density at radius 1 is 0.632 bits per heavy atom. The first-order chi connectivity index (χ1) is 9.42. The van der Waals surface area contributed by atoms with E-state index < -0.39 is 0 Å². The van der Waals surface area contributed by atoms with Crippen molar-refractivity contribution in [3.63, 3.8) is 0 Å². The van der Waals surface area contributed by atoms with Gasteiger partial charge in [-0.25, -0.2) is 0 Å². The molecule has 1 aliphatic heterocycles. The number of rotatable bonds is 3. The van der Waals surface area contributed by atoms with E-state index in [0.717, 1.165) is 18.1 Å². The standard InChI is InChI=1S/C17H32N2/c1-3-8-15(9-4-1)18-16-10-7-13-19(14-16)17-11-5-2-6-12-17/h15-18H,1-14H2. The number of nitrogens with zero attached hydrogens (tertiary/aromatic N) is 1. The van der Waals surface area contributed by atoms with E-state index in [4.69, 9.17) is 0 Å². The summed E-state index contributed by atoms with van der Waals surface area (Å²) in [6.07, 6.45) is 17.4. The van der Waals surface area contributed by atoms with Crippen LogP contribution in [0.5, 0.6) is 0 Å². The number of nitrogens with one attached hydrogen (secondary N) is 1. The monoisotopic (exact) mass is 264 g/mol. The molecule has 0 bridgehead atoms. The zero-order valence-electron chi connectivity index (χ0n) is 12.6. The van der Waals surface area contributed by atoms with Crippen molar-refractivity contribution in [2.45, 2.75) is 95.2 Å². The minimum atomic E-state index is 0.791. The first-order valence-corrected chi connectivity index (χ1v) is 8.92. The van der Waals surface area contributed by atoms with Crippen molar-refractivity contribution < 1.29 is 0 Å². The van der Waals surface area contributed by atoms with E-state index in [9.17, 15) is 0 Å². The second-order valence-corrected chi connectivity index (χ2v) is 7.13. The van der Waals surface area contributed by atoms with Crippen LogP contribution in [0, 0.1) is 0 Å². The third-order valence-electron chi connectivity index (χ3n) is 5.62. The molecular weight excluding hydrogens is 232 g/mol. The van der Waals surface area contributed by atoms with E-state index in [2.05, 4.69) is 10.2 Å². The van der Waals surface area contributed by atoms with Gasteiger partial charge in [-0.3, -0.25) is 4.90 Å². The summed E-state index contributed by atoms with van der Waals surface area (Å²) in [5, 5.41) is 3.99. The Morgan fingerprint density at radius 2 is 1.26 bits per heavy atom. The summed E-state index contributed by atoms with van der Waals surface area (Å²) in [6.45, 7) is 2.70. The van der Waals surface area contributed by atoms with Crippen LogP contribution in [0.1, 0.15) is 77.0 Å². The molecule has 0 aromatic carbocycles. The zero-order chi connectivity index (χ0) is 12.9. The van der Waals surface area contributed by atoms with Gasteiger partial charge in [-0.2, -0.15) is 0 Å². The molecule has 3 fully saturated rings. The Kier molecular flexibility index (Phi) is 5.17. The van der Waals surface area contributed by atoms with E-state index in [-0.39, 0.29) is 0 Å². The molecule has 0 aromatic rings. The van der Waals surface area contributed by atoms with Crippen LogP contribution in [0.15, 0.2) is 0 Å². The molecular formula is C17H32N2. The highest BCUT2D eigenvalue weighted by Crippen LogP contribution is 2.26. The molecule has 0 radical (unpaired) electrons. The fourth-order valence-corrected chi connectivity index (χ4v) is 4.52. The van der Waals surface area contributed by atoms with E-state index >= 15 is 0 Å². The predicted octanol–water partition coefficient (Wildman–Crippen LogP) is 3.71. The van der Waals surface area contributed by atoms with Crippen LogP contribution in [-0.2, 0) is 0 Å². The second kappa shape index (κ2) is 7.08. The van der Waals surface area contributed by atoms with Crippen LogP contribution in [0.4, 0.5) is 0 Å².